The molecule has 4 N–H and O–H groups in total. The van der Waals surface area contributed by atoms with Crippen molar-refractivity contribution in [3.8, 4) is 0 Å². The molecule has 1 aromatic rings. The molecule has 0 saturated heterocycles. The molecule has 1 rings (SSSR count). The van der Waals surface area contributed by atoms with Crippen LogP contribution < -0.4 is 11.1 Å². The van der Waals surface area contributed by atoms with Gasteiger partial charge in [0.25, 0.3) is 5.91 Å². The summed E-state index contributed by atoms with van der Waals surface area (Å²) in [4.78, 5) is 11.6. The predicted molar refractivity (Wildman–Crippen MR) is 61.9 cm³/mol. The summed E-state index contributed by atoms with van der Waals surface area (Å²) in [6.07, 6.45) is -0.775. The van der Waals surface area contributed by atoms with Crippen molar-refractivity contribution in [3.63, 3.8) is 0 Å². The summed E-state index contributed by atoms with van der Waals surface area (Å²) in [6, 6.07) is 3.90. The zero-order valence-electron chi connectivity index (χ0n) is 9.44. The number of anilines is 2. The van der Waals surface area contributed by atoms with Gasteiger partial charge in [-0.1, -0.05) is 0 Å². The van der Waals surface area contributed by atoms with Crippen molar-refractivity contribution in [2.45, 2.75) is 13.0 Å². The highest BCUT2D eigenvalue weighted by molar-refractivity contribution is 5.94. The van der Waals surface area contributed by atoms with E-state index in [2.05, 4.69) is 5.32 Å². The number of carbonyl (C=O) groups is 1. The van der Waals surface area contributed by atoms with Gasteiger partial charge in [0, 0.05) is 5.69 Å². The summed E-state index contributed by atoms with van der Waals surface area (Å²) < 4.78 is 18.3. The van der Waals surface area contributed by atoms with Gasteiger partial charge in [-0.25, -0.2) is 4.39 Å². The third-order valence-corrected chi connectivity index (χ3v) is 2.08. The Kier molecular flexibility index (Phi) is 4.86. The van der Waals surface area contributed by atoms with E-state index in [-0.39, 0.29) is 18.9 Å². The van der Waals surface area contributed by atoms with Crippen molar-refractivity contribution in [2.24, 2.45) is 0 Å². The van der Waals surface area contributed by atoms with Crippen molar-refractivity contribution in [2.75, 3.05) is 24.3 Å². The fourth-order valence-corrected chi connectivity index (χ4v) is 1.18. The second kappa shape index (κ2) is 6.17. The SMILES string of the molecule is CC(OCCO)C(=O)Nc1cc(N)ccc1F. The van der Waals surface area contributed by atoms with Gasteiger partial charge in [-0.05, 0) is 25.1 Å². The minimum Gasteiger partial charge on any atom is -0.399 e. The number of nitrogen functional groups attached to an aromatic ring is 1. The molecule has 1 unspecified atom stereocenters. The summed E-state index contributed by atoms with van der Waals surface area (Å²) in [7, 11) is 0. The van der Waals surface area contributed by atoms with Crippen LogP contribution in [0.15, 0.2) is 18.2 Å². The number of carbonyl (C=O) groups excluding carboxylic acids is 1. The molecule has 0 saturated carbocycles. The maximum Gasteiger partial charge on any atom is 0.253 e. The van der Waals surface area contributed by atoms with Crippen LogP contribution in [0.2, 0.25) is 0 Å². The first-order valence-electron chi connectivity index (χ1n) is 5.13. The van der Waals surface area contributed by atoms with Gasteiger partial charge in [-0.3, -0.25) is 4.79 Å². The van der Waals surface area contributed by atoms with Crippen LogP contribution in [0.1, 0.15) is 6.92 Å². The average Bonchev–Trinajstić information content (AvgIpc) is 2.30. The second-order valence-electron chi connectivity index (χ2n) is 3.47. The maximum atomic E-state index is 13.3. The van der Waals surface area contributed by atoms with E-state index in [0.717, 1.165) is 0 Å². The second-order valence-corrected chi connectivity index (χ2v) is 3.47. The monoisotopic (exact) mass is 242 g/mol. The summed E-state index contributed by atoms with van der Waals surface area (Å²) >= 11 is 0. The Morgan fingerprint density at radius 2 is 2.35 bits per heavy atom. The molecule has 0 heterocycles. The number of nitrogens with two attached hydrogens (primary N) is 1. The summed E-state index contributed by atoms with van der Waals surface area (Å²) in [5.41, 5.74) is 5.84. The van der Waals surface area contributed by atoms with Crippen molar-refractivity contribution < 1.29 is 19.0 Å². The van der Waals surface area contributed by atoms with Gasteiger partial charge in [0.15, 0.2) is 0 Å². The minimum atomic E-state index is -0.775. The number of hydrogen-bond acceptors (Lipinski definition) is 4. The molecule has 0 fully saturated rings. The van der Waals surface area contributed by atoms with Crippen LogP contribution in [0.25, 0.3) is 0 Å². The van der Waals surface area contributed by atoms with Gasteiger partial charge in [0.2, 0.25) is 0 Å². The molecule has 0 aliphatic rings. The molecule has 6 heteroatoms. The highest BCUT2D eigenvalue weighted by Gasteiger charge is 2.15. The average molecular weight is 242 g/mol. The molecule has 1 atom stereocenters. The standard InChI is InChI=1S/C11H15FN2O3/c1-7(17-5-4-15)11(16)14-10-6-8(13)2-3-9(10)12/h2-3,6-7,15H,4-5,13H2,1H3,(H,14,16). The minimum absolute atomic E-state index is 0.00875. The number of amides is 1. The number of aliphatic hydroxyl groups excluding tert-OH is 1. The number of halogens is 1. The largest absolute Gasteiger partial charge is 0.399 e. The Balaban J connectivity index is 2.64. The van der Waals surface area contributed by atoms with Crippen molar-refractivity contribution >= 4 is 17.3 Å². The number of aliphatic hydroxyl groups is 1. The Morgan fingerprint density at radius 3 is 3.00 bits per heavy atom. The van der Waals surface area contributed by atoms with E-state index < -0.39 is 17.8 Å². The van der Waals surface area contributed by atoms with Crippen molar-refractivity contribution in [3.05, 3.63) is 24.0 Å². The number of hydrogen-bond donors (Lipinski definition) is 3. The first-order chi connectivity index (χ1) is 8.04. The number of benzene rings is 1. The van der Waals surface area contributed by atoms with E-state index in [4.69, 9.17) is 15.6 Å². The van der Waals surface area contributed by atoms with Crippen LogP contribution >= 0.6 is 0 Å². The summed E-state index contributed by atoms with van der Waals surface area (Å²) in [5, 5.41) is 10.9. The zero-order valence-corrected chi connectivity index (χ0v) is 9.44. The van der Waals surface area contributed by atoms with Crippen LogP contribution in [0.3, 0.4) is 0 Å². The van der Waals surface area contributed by atoms with E-state index in [1.807, 2.05) is 0 Å². The molecule has 5 nitrogen and oxygen atoms in total. The molecule has 17 heavy (non-hydrogen) atoms. The third-order valence-electron chi connectivity index (χ3n) is 2.08. The first kappa shape index (κ1) is 13.4. The van der Waals surface area contributed by atoms with E-state index >= 15 is 0 Å². The highest BCUT2D eigenvalue weighted by atomic mass is 19.1. The lowest BCUT2D eigenvalue weighted by Gasteiger charge is -2.13. The Bertz CT molecular complexity index is 398. The van der Waals surface area contributed by atoms with Crippen molar-refractivity contribution in [1.29, 1.82) is 0 Å². The Hall–Kier alpha value is -1.66. The summed E-state index contributed by atoms with van der Waals surface area (Å²) in [6.45, 7) is 1.38. The van der Waals surface area contributed by atoms with Gasteiger partial charge >= 0.3 is 0 Å². The molecule has 0 bridgehead atoms. The fourth-order valence-electron chi connectivity index (χ4n) is 1.18. The number of nitrogens with one attached hydrogen (secondary N) is 1. The molecule has 1 amide bonds. The van der Waals surface area contributed by atoms with E-state index in [1.165, 1.54) is 25.1 Å². The van der Waals surface area contributed by atoms with Crippen molar-refractivity contribution in [1.82, 2.24) is 0 Å². The fraction of sp³-hybridized carbons (Fsp3) is 0.364. The molecular weight excluding hydrogens is 227 g/mol. The van der Waals surface area contributed by atoms with E-state index in [0.29, 0.717) is 5.69 Å². The van der Waals surface area contributed by atoms with E-state index in [1.54, 1.807) is 0 Å². The van der Waals surface area contributed by atoms with Gasteiger partial charge in [-0.2, -0.15) is 0 Å². The van der Waals surface area contributed by atoms with E-state index in [9.17, 15) is 9.18 Å². The maximum absolute atomic E-state index is 13.3. The van der Waals surface area contributed by atoms with Crippen LogP contribution in [0.5, 0.6) is 0 Å². The molecule has 94 valence electrons. The number of rotatable bonds is 5. The van der Waals surface area contributed by atoms with Crippen LogP contribution in [-0.2, 0) is 9.53 Å². The zero-order chi connectivity index (χ0) is 12.8. The third kappa shape index (κ3) is 4.01. The Morgan fingerprint density at radius 1 is 1.65 bits per heavy atom. The van der Waals surface area contributed by atoms with Crippen LogP contribution in [-0.4, -0.2) is 30.3 Å². The predicted octanol–water partition coefficient (Wildman–Crippen LogP) is 0.744. The normalized spacial score (nSPS) is 12.2. The van der Waals surface area contributed by atoms with Crippen LogP contribution in [0.4, 0.5) is 15.8 Å². The summed E-state index contributed by atoms with van der Waals surface area (Å²) in [5.74, 6) is -1.06. The smallest absolute Gasteiger partial charge is 0.253 e. The molecule has 0 spiro atoms. The molecule has 0 radical (unpaired) electrons. The lowest BCUT2D eigenvalue weighted by molar-refractivity contribution is -0.126. The Labute approximate surface area is 98.4 Å². The van der Waals surface area contributed by atoms with Gasteiger partial charge in [0.05, 0.1) is 18.9 Å². The lowest BCUT2D eigenvalue weighted by atomic mass is 10.2. The molecule has 0 aliphatic carbocycles. The van der Waals surface area contributed by atoms with Gasteiger partial charge in [0.1, 0.15) is 11.9 Å². The molecule has 1 aromatic carbocycles. The molecule has 0 aromatic heterocycles. The molecular formula is C11H15FN2O3. The number of ether oxygens (including phenoxy) is 1. The first-order valence-corrected chi connectivity index (χ1v) is 5.13. The lowest BCUT2D eigenvalue weighted by Crippen LogP contribution is -2.29. The van der Waals surface area contributed by atoms with Gasteiger partial charge in [-0.15, -0.1) is 0 Å². The topological polar surface area (TPSA) is 84.6 Å². The van der Waals surface area contributed by atoms with Gasteiger partial charge < -0.3 is 20.9 Å². The van der Waals surface area contributed by atoms with Crippen LogP contribution in [0, 0.1) is 5.82 Å². The highest BCUT2D eigenvalue weighted by Crippen LogP contribution is 2.17. The quantitative estimate of drug-likeness (QED) is 0.665. The molecule has 0 aliphatic heterocycles.